The Kier molecular flexibility index (Phi) is 3.15. The highest BCUT2D eigenvalue weighted by atomic mass is 32.1. The molecule has 0 bridgehead atoms. The van der Waals surface area contributed by atoms with Gasteiger partial charge in [0.25, 0.3) is 11.6 Å². The highest BCUT2D eigenvalue weighted by Gasteiger charge is 2.17. The number of hydrogen-bond acceptors (Lipinski definition) is 7. The highest BCUT2D eigenvalue weighted by molar-refractivity contribution is 7.08. The van der Waals surface area contributed by atoms with E-state index >= 15 is 0 Å². The number of rotatable bonds is 3. The molecule has 0 aliphatic rings. The van der Waals surface area contributed by atoms with E-state index in [2.05, 4.69) is 10.1 Å². The van der Waals surface area contributed by atoms with Crippen molar-refractivity contribution in [2.45, 2.75) is 6.92 Å². The quantitative estimate of drug-likeness (QED) is 0.452. The van der Waals surface area contributed by atoms with Gasteiger partial charge in [-0.15, -0.1) is 0 Å². The Balaban J connectivity index is 2.06. The first-order valence-electron chi connectivity index (χ1n) is 5.97. The molecule has 0 unspecified atom stereocenters. The van der Waals surface area contributed by atoms with Crippen molar-refractivity contribution in [1.29, 1.82) is 0 Å². The van der Waals surface area contributed by atoms with Crippen LogP contribution in [0.25, 0.3) is 22.8 Å². The number of nitrogens with two attached hydrogens (primary N) is 1. The molecular formula is C13H10N4O3S. The zero-order chi connectivity index (χ0) is 15.0. The van der Waals surface area contributed by atoms with Gasteiger partial charge in [0.1, 0.15) is 0 Å². The molecule has 0 spiro atoms. The summed E-state index contributed by atoms with van der Waals surface area (Å²) in [5.41, 5.74) is 8.37. The Bertz CT molecular complexity index is 824. The molecule has 2 N–H and O–H groups in total. The predicted octanol–water partition coefficient (Wildman–Crippen LogP) is 3.26. The maximum atomic E-state index is 10.8. The van der Waals surface area contributed by atoms with Crippen LogP contribution in [0.5, 0.6) is 0 Å². The van der Waals surface area contributed by atoms with Gasteiger partial charge in [0.05, 0.1) is 10.5 Å². The summed E-state index contributed by atoms with van der Waals surface area (Å²) in [6.45, 7) is 1.95. The van der Waals surface area contributed by atoms with Crippen molar-refractivity contribution >= 4 is 22.7 Å². The maximum Gasteiger partial charge on any atom is 0.270 e. The molecule has 3 aromatic rings. The molecule has 7 nitrogen and oxygen atoms in total. The van der Waals surface area contributed by atoms with E-state index in [0.29, 0.717) is 17.1 Å². The van der Waals surface area contributed by atoms with Crippen molar-refractivity contribution in [3.8, 4) is 22.8 Å². The van der Waals surface area contributed by atoms with Crippen LogP contribution in [-0.2, 0) is 0 Å². The van der Waals surface area contributed by atoms with Gasteiger partial charge in [0.15, 0.2) is 0 Å². The van der Waals surface area contributed by atoms with Crippen LogP contribution < -0.4 is 5.73 Å². The standard InChI is InChI=1S/C13H10N4O3S/c1-7-5-21-6-10(7)12-15-13(20-16-12)9-4-8(17(18)19)2-3-11(9)14/h2-6H,14H2,1H3. The van der Waals surface area contributed by atoms with Gasteiger partial charge in [0.2, 0.25) is 5.82 Å². The minimum Gasteiger partial charge on any atom is -0.398 e. The lowest BCUT2D eigenvalue weighted by Crippen LogP contribution is -1.94. The van der Waals surface area contributed by atoms with Crippen LogP contribution in [0.3, 0.4) is 0 Å². The van der Waals surface area contributed by atoms with Crippen LogP contribution >= 0.6 is 11.3 Å². The third-order valence-electron chi connectivity index (χ3n) is 3.00. The minimum absolute atomic E-state index is 0.0781. The molecule has 0 saturated carbocycles. The number of nitro benzene ring substituents is 1. The number of aryl methyl sites for hydroxylation is 1. The monoisotopic (exact) mass is 302 g/mol. The van der Waals surface area contributed by atoms with Gasteiger partial charge in [-0.25, -0.2) is 0 Å². The van der Waals surface area contributed by atoms with Crippen LogP contribution in [0.2, 0.25) is 0 Å². The van der Waals surface area contributed by atoms with Gasteiger partial charge < -0.3 is 10.3 Å². The van der Waals surface area contributed by atoms with E-state index in [9.17, 15) is 10.1 Å². The van der Waals surface area contributed by atoms with Crippen molar-refractivity contribution in [1.82, 2.24) is 10.1 Å². The molecule has 8 heteroatoms. The van der Waals surface area contributed by atoms with E-state index in [1.54, 1.807) is 0 Å². The summed E-state index contributed by atoms with van der Waals surface area (Å²) in [5, 5.41) is 18.6. The predicted molar refractivity (Wildman–Crippen MR) is 78.9 cm³/mol. The van der Waals surface area contributed by atoms with Gasteiger partial charge >= 0.3 is 0 Å². The molecule has 106 valence electrons. The zero-order valence-electron chi connectivity index (χ0n) is 10.9. The Labute approximate surface area is 123 Å². The number of thiophene rings is 1. The van der Waals surface area contributed by atoms with Gasteiger partial charge in [-0.05, 0) is 23.9 Å². The Morgan fingerprint density at radius 3 is 2.81 bits per heavy atom. The van der Waals surface area contributed by atoms with Crippen LogP contribution in [0.4, 0.5) is 11.4 Å². The smallest absolute Gasteiger partial charge is 0.270 e. The summed E-state index contributed by atoms with van der Waals surface area (Å²) in [6.07, 6.45) is 0. The summed E-state index contributed by atoms with van der Waals surface area (Å²) in [6, 6.07) is 4.11. The number of nitrogen functional groups attached to an aromatic ring is 1. The molecule has 0 amide bonds. The van der Waals surface area contributed by atoms with Crippen molar-refractivity contribution in [3.63, 3.8) is 0 Å². The largest absolute Gasteiger partial charge is 0.398 e. The van der Waals surface area contributed by atoms with E-state index in [1.807, 2.05) is 17.7 Å². The molecule has 21 heavy (non-hydrogen) atoms. The van der Waals surface area contributed by atoms with Crippen molar-refractivity contribution in [2.75, 3.05) is 5.73 Å². The van der Waals surface area contributed by atoms with Gasteiger partial charge in [-0.2, -0.15) is 16.3 Å². The van der Waals surface area contributed by atoms with Crippen LogP contribution in [-0.4, -0.2) is 15.1 Å². The Hall–Kier alpha value is -2.74. The zero-order valence-corrected chi connectivity index (χ0v) is 11.8. The molecule has 0 fully saturated rings. The summed E-state index contributed by atoms with van der Waals surface area (Å²) in [5.74, 6) is 0.603. The fourth-order valence-electron chi connectivity index (χ4n) is 1.87. The van der Waals surface area contributed by atoms with Crippen molar-refractivity contribution in [3.05, 3.63) is 44.6 Å². The third kappa shape index (κ3) is 2.36. The first-order valence-corrected chi connectivity index (χ1v) is 6.91. The molecule has 0 radical (unpaired) electrons. The lowest BCUT2D eigenvalue weighted by molar-refractivity contribution is -0.384. The number of non-ortho nitro benzene ring substituents is 1. The minimum atomic E-state index is -0.497. The Morgan fingerprint density at radius 2 is 2.14 bits per heavy atom. The summed E-state index contributed by atoms with van der Waals surface area (Å²) in [4.78, 5) is 14.6. The lowest BCUT2D eigenvalue weighted by Gasteiger charge is -1.99. The molecule has 2 heterocycles. The average Bonchev–Trinajstić information content (AvgIpc) is 3.07. The van der Waals surface area contributed by atoms with Crippen LogP contribution in [0.1, 0.15) is 5.56 Å². The van der Waals surface area contributed by atoms with Crippen LogP contribution in [0.15, 0.2) is 33.5 Å². The first kappa shape index (κ1) is 13.3. The molecule has 0 aliphatic heterocycles. The second-order valence-electron chi connectivity index (χ2n) is 4.42. The van der Waals surface area contributed by atoms with Crippen LogP contribution in [0, 0.1) is 17.0 Å². The number of nitro groups is 1. The fourth-order valence-corrected chi connectivity index (χ4v) is 2.70. The second-order valence-corrected chi connectivity index (χ2v) is 5.16. The maximum absolute atomic E-state index is 10.8. The van der Waals surface area contributed by atoms with E-state index in [0.717, 1.165) is 11.1 Å². The summed E-state index contributed by atoms with van der Waals surface area (Å²) >= 11 is 1.54. The second kappa shape index (κ2) is 4.98. The molecule has 1 aromatic carbocycles. The number of aromatic nitrogens is 2. The average molecular weight is 302 g/mol. The molecule has 3 rings (SSSR count). The number of benzene rings is 1. The molecular weight excluding hydrogens is 292 g/mol. The lowest BCUT2D eigenvalue weighted by atomic mass is 10.1. The molecule has 2 aromatic heterocycles. The van der Waals surface area contributed by atoms with E-state index in [1.165, 1.54) is 29.5 Å². The topological polar surface area (TPSA) is 108 Å². The highest BCUT2D eigenvalue weighted by Crippen LogP contribution is 2.31. The van der Waals surface area contributed by atoms with Gasteiger partial charge in [0, 0.05) is 28.8 Å². The summed E-state index contributed by atoms with van der Waals surface area (Å²) < 4.78 is 5.19. The molecule has 0 atom stereocenters. The van der Waals surface area contributed by atoms with Crippen molar-refractivity contribution < 1.29 is 9.45 Å². The number of hydrogen-bond donors (Lipinski definition) is 1. The number of nitrogens with zero attached hydrogens (tertiary/aromatic N) is 3. The van der Waals surface area contributed by atoms with E-state index in [4.69, 9.17) is 10.3 Å². The SMILES string of the molecule is Cc1cscc1-c1noc(-c2cc([N+](=O)[O-])ccc2N)n1. The number of anilines is 1. The fraction of sp³-hybridized carbons (Fsp3) is 0.0769. The van der Waals surface area contributed by atoms with Crippen molar-refractivity contribution in [2.24, 2.45) is 0 Å². The van der Waals surface area contributed by atoms with Gasteiger partial charge in [-0.1, -0.05) is 5.16 Å². The van der Waals surface area contributed by atoms with E-state index in [-0.39, 0.29) is 11.6 Å². The molecule has 0 aliphatic carbocycles. The van der Waals surface area contributed by atoms with E-state index < -0.39 is 4.92 Å². The third-order valence-corrected chi connectivity index (χ3v) is 3.86. The van der Waals surface area contributed by atoms with Gasteiger partial charge in [-0.3, -0.25) is 10.1 Å². The first-order chi connectivity index (χ1) is 10.1. The normalized spacial score (nSPS) is 10.7. The molecule has 0 saturated heterocycles. The summed E-state index contributed by atoms with van der Waals surface area (Å²) in [7, 11) is 0. The Morgan fingerprint density at radius 1 is 1.33 bits per heavy atom.